The van der Waals surface area contributed by atoms with Gasteiger partial charge in [-0.15, -0.1) is 0 Å². The van der Waals surface area contributed by atoms with Crippen LogP contribution in [0.4, 0.5) is 4.39 Å². The Morgan fingerprint density at radius 2 is 2.04 bits per heavy atom. The highest BCUT2D eigenvalue weighted by Crippen LogP contribution is 2.50. The Balaban J connectivity index is 1.69. The zero-order valence-corrected chi connectivity index (χ0v) is 13.8. The molecule has 120 valence electrons. The number of hydrogen-bond acceptors (Lipinski definition) is 1. The van der Waals surface area contributed by atoms with Gasteiger partial charge in [0.05, 0.1) is 0 Å². The minimum Gasteiger partial charge on any atom is -0.338 e. The number of hydrogen-bond donors (Lipinski definition) is 0. The maximum atomic E-state index is 13.3. The number of benzene rings is 2. The lowest BCUT2D eigenvalue weighted by Crippen LogP contribution is -2.32. The molecule has 2 nitrogen and oxygen atoms in total. The molecule has 1 aliphatic carbocycles. The minimum absolute atomic E-state index is 0.0107. The van der Waals surface area contributed by atoms with Crippen LogP contribution in [0.25, 0.3) is 0 Å². The zero-order chi connectivity index (χ0) is 16.4. The lowest BCUT2D eigenvalue weighted by atomic mass is 10.1. The first-order chi connectivity index (χ1) is 11.1. The topological polar surface area (TPSA) is 20.3 Å². The van der Waals surface area contributed by atoms with E-state index in [9.17, 15) is 9.18 Å². The summed E-state index contributed by atoms with van der Waals surface area (Å²) in [6.45, 7) is 3.00. The van der Waals surface area contributed by atoms with E-state index < -0.39 is 0 Å². The molecule has 0 spiro atoms. The minimum atomic E-state index is -0.272. The Kier molecular flexibility index (Phi) is 4.67. The number of rotatable bonds is 5. The molecular formula is C19H19ClFNO. The van der Waals surface area contributed by atoms with Crippen molar-refractivity contribution in [2.75, 3.05) is 6.54 Å². The number of halogens is 2. The summed E-state index contributed by atoms with van der Waals surface area (Å²) < 4.78 is 13.3. The van der Waals surface area contributed by atoms with E-state index in [1.165, 1.54) is 12.1 Å². The van der Waals surface area contributed by atoms with E-state index in [2.05, 4.69) is 0 Å². The fraction of sp³-hybridized carbons (Fsp3) is 0.316. The van der Waals surface area contributed by atoms with Gasteiger partial charge in [-0.05, 0) is 48.6 Å². The van der Waals surface area contributed by atoms with Gasteiger partial charge in [0, 0.05) is 24.0 Å². The molecular weight excluding hydrogens is 313 g/mol. The van der Waals surface area contributed by atoms with Crippen LogP contribution in [0.2, 0.25) is 5.02 Å². The summed E-state index contributed by atoms with van der Waals surface area (Å²) >= 11 is 6.22. The molecule has 2 unspecified atom stereocenters. The SMILES string of the molecule is CCN(Cc1cccc(F)c1)C(=O)C1CC1c1ccccc1Cl. The Labute approximate surface area is 140 Å². The highest BCUT2D eigenvalue weighted by atomic mass is 35.5. The summed E-state index contributed by atoms with van der Waals surface area (Å²) in [5.41, 5.74) is 1.87. The molecule has 2 atom stereocenters. The predicted molar refractivity (Wildman–Crippen MR) is 89.8 cm³/mol. The Morgan fingerprint density at radius 1 is 1.26 bits per heavy atom. The van der Waals surface area contributed by atoms with Crippen molar-refractivity contribution in [3.8, 4) is 0 Å². The van der Waals surface area contributed by atoms with Crippen LogP contribution < -0.4 is 0 Å². The molecule has 2 aromatic carbocycles. The molecule has 1 amide bonds. The van der Waals surface area contributed by atoms with Crippen molar-refractivity contribution in [3.63, 3.8) is 0 Å². The molecule has 0 aromatic heterocycles. The average Bonchev–Trinajstić information content (AvgIpc) is 3.33. The Hall–Kier alpha value is -1.87. The van der Waals surface area contributed by atoms with E-state index in [1.807, 2.05) is 37.3 Å². The molecule has 2 aromatic rings. The predicted octanol–water partition coefficient (Wildman–Crippen LogP) is 4.63. The van der Waals surface area contributed by atoms with Gasteiger partial charge in [-0.1, -0.05) is 41.9 Å². The van der Waals surface area contributed by atoms with Crippen molar-refractivity contribution in [2.24, 2.45) is 5.92 Å². The van der Waals surface area contributed by atoms with E-state index >= 15 is 0 Å². The first kappa shape index (κ1) is 16.0. The van der Waals surface area contributed by atoms with Crippen LogP contribution in [0.15, 0.2) is 48.5 Å². The third-order valence-corrected chi connectivity index (χ3v) is 4.71. The molecule has 3 rings (SSSR count). The summed E-state index contributed by atoms with van der Waals surface area (Å²) in [6.07, 6.45) is 0.836. The third-order valence-electron chi connectivity index (χ3n) is 4.37. The van der Waals surface area contributed by atoms with Gasteiger partial charge >= 0.3 is 0 Å². The largest absolute Gasteiger partial charge is 0.338 e. The van der Waals surface area contributed by atoms with Gasteiger partial charge in [-0.2, -0.15) is 0 Å². The molecule has 0 saturated heterocycles. The van der Waals surface area contributed by atoms with Crippen LogP contribution in [0.1, 0.15) is 30.4 Å². The van der Waals surface area contributed by atoms with E-state index in [0.717, 1.165) is 22.6 Å². The lowest BCUT2D eigenvalue weighted by molar-refractivity contribution is -0.133. The summed E-state index contributed by atoms with van der Waals surface area (Å²) in [4.78, 5) is 14.5. The van der Waals surface area contributed by atoms with Crippen LogP contribution in [-0.4, -0.2) is 17.4 Å². The standard InChI is InChI=1S/C19H19ClFNO/c1-2-22(12-13-6-5-7-14(21)10-13)19(23)17-11-16(17)15-8-3-4-9-18(15)20/h3-10,16-17H,2,11-12H2,1H3. The molecule has 0 aliphatic heterocycles. The van der Waals surface area contributed by atoms with Gasteiger partial charge in [0.1, 0.15) is 5.82 Å². The molecule has 4 heteroatoms. The Morgan fingerprint density at radius 3 is 2.74 bits per heavy atom. The first-order valence-corrected chi connectivity index (χ1v) is 8.25. The fourth-order valence-electron chi connectivity index (χ4n) is 3.02. The van der Waals surface area contributed by atoms with Crippen molar-refractivity contribution >= 4 is 17.5 Å². The normalized spacial score (nSPS) is 19.4. The number of carbonyl (C=O) groups is 1. The molecule has 0 N–H and O–H groups in total. The van der Waals surface area contributed by atoms with Crippen molar-refractivity contribution in [1.29, 1.82) is 0 Å². The highest BCUT2D eigenvalue weighted by Gasteiger charge is 2.46. The number of carbonyl (C=O) groups excluding carboxylic acids is 1. The summed E-state index contributed by atoms with van der Waals surface area (Å²) in [5, 5.41) is 0.723. The van der Waals surface area contributed by atoms with Crippen LogP contribution in [0, 0.1) is 11.7 Å². The Bertz CT molecular complexity index is 718. The van der Waals surface area contributed by atoms with Crippen LogP contribution in [0.5, 0.6) is 0 Å². The van der Waals surface area contributed by atoms with Gasteiger partial charge in [-0.25, -0.2) is 4.39 Å². The van der Waals surface area contributed by atoms with Gasteiger partial charge in [0.15, 0.2) is 0 Å². The average molecular weight is 332 g/mol. The molecule has 23 heavy (non-hydrogen) atoms. The second-order valence-electron chi connectivity index (χ2n) is 5.95. The monoisotopic (exact) mass is 331 g/mol. The van der Waals surface area contributed by atoms with Crippen LogP contribution in [-0.2, 0) is 11.3 Å². The van der Waals surface area contributed by atoms with E-state index in [1.54, 1.807) is 11.0 Å². The molecule has 0 heterocycles. The van der Waals surface area contributed by atoms with Gasteiger partial charge in [-0.3, -0.25) is 4.79 Å². The summed E-state index contributed by atoms with van der Waals surface area (Å²) in [6, 6.07) is 14.1. The zero-order valence-electron chi connectivity index (χ0n) is 13.0. The number of amides is 1. The molecule has 1 saturated carbocycles. The van der Waals surface area contributed by atoms with Crippen molar-refractivity contribution in [3.05, 3.63) is 70.5 Å². The van der Waals surface area contributed by atoms with Crippen molar-refractivity contribution in [1.82, 2.24) is 4.90 Å². The second kappa shape index (κ2) is 6.71. The van der Waals surface area contributed by atoms with Gasteiger partial charge in [0.25, 0.3) is 0 Å². The van der Waals surface area contributed by atoms with Crippen LogP contribution >= 0.6 is 11.6 Å². The van der Waals surface area contributed by atoms with Crippen molar-refractivity contribution < 1.29 is 9.18 Å². The number of nitrogens with zero attached hydrogens (tertiary/aromatic N) is 1. The maximum absolute atomic E-state index is 13.3. The highest BCUT2D eigenvalue weighted by molar-refractivity contribution is 6.31. The lowest BCUT2D eigenvalue weighted by Gasteiger charge is -2.21. The molecule has 1 fully saturated rings. The molecule has 1 aliphatic rings. The molecule has 0 bridgehead atoms. The molecule has 0 radical (unpaired) electrons. The summed E-state index contributed by atoms with van der Waals surface area (Å²) in [7, 11) is 0. The fourth-order valence-corrected chi connectivity index (χ4v) is 3.30. The van der Waals surface area contributed by atoms with E-state index in [0.29, 0.717) is 13.1 Å². The quantitative estimate of drug-likeness (QED) is 0.782. The summed E-state index contributed by atoms with van der Waals surface area (Å²) in [5.74, 6) is 0.0502. The van der Waals surface area contributed by atoms with Crippen LogP contribution in [0.3, 0.4) is 0 Å². The second-order valence-corrected chi connectivity index (χ2v) is 6.36. The smallest absolute Gasteiger partial charge is 0.226 e. The first-order valence-electron chi connectivity index (χ1n) is 7.87. The van der Waals surface area contributed by atoms with E-state index in [-0.39, 0.29) is 23.6 Å². The van der Waals surface area contributed by atoms with Gasteiger partial charge in [0.2, 0.25) is 5.91 Å². The van der Waals surface area contributed by atoms with Gasteiger partial charge < -0.3 is 4.90 Å². The maximum Gasteiger partial charge on any atom is 0.226 e. The third kappa shape index (κ3) is 3.56. The van der Waals surface area contributed by atoms with E-state index in [4.69, 9.17) is 11.6 Å². The van der Waals surface area contributed by atoms with Crippen molar-refractivity contribution in [2.45, 2.75) is 25.8 Å².